The maximum atomic E-state index is 10.5. The number of hydrogen-bond donors (Lipinski definition) is 2. The van der Waals surface area contributed by atoms with Crippen molar-refractivity contribution in [2.24, 2.45) is 0 Å². The molecule has 1 aromatic rings. The van der Waals surface area contributed by atoms with Crippen LogP contribution in [0.25, 0.3) is 0 Å². The fraction of sp³-hybridized carbons (Fsp3) is 0.500. The third-order valence-electron chi connectivity index (χ3n) is 2.37. The molecule has 0 aromatic carbocycles. The lowest BCUT2D eigenvalue weighted by atomic mass is 10.2. The van der Waals surface area contributed by atoms with Crippen molar-refractivity contribution < 1.29 is 26.8 Å². The Labute approximate surface area is 100 Å². The Morgan fingerprint density at radius 2 is 2.24 bits per heavy atom. The van der Waals surface area contributed by atoms with Gasteiger partial charge in [-0.2, -0.15) is 13.0 Å². The van der Waals surface area contributed by atoms with Gasteiger partial charge in [-0.05, 0) is 6.07 Å². The predicted molar refractivity (Wildman–Crippen MR) is 59.4 cm³/mol. The first-order valence-corrected chi connectivity index (χ1v) is 6.55. The number of aromatic nitrogens is 1. The Morgan fingerprint density at radius 3 is 2.76 bits per heavy atom. The molecule has 0 fully saturated rings. The van der Waals surface area contributed by atoms with Gasteiger partial charge in [0.05, 0.1) is 6.61 Å². The van der Waals surface area contributed by atoms with Crippen molar-refractivity contribution in [3.63, 3.8) is 0 Å². The molecule has 1 atom stereocenters. The molecule has 1 rings (SSSR count). The maximum absolute atomic E-state index is 10.5. The van der Waals surface area contributed by atoms with Gasteiger partial charge in [-0.25, -0.2) is 4.18 Å². The molecule has 0 saturated carbocycles. The van der Waals surface area contributed by atoms with E-state index in [0.717, 1.165) is 5.56 Å². The molecule has 1 aromatic heterocycles. The minimum Gasteiger partial charge on any atom is -0.391 e. The van der Waals surface area contributed by atoms with E-state index in [-0.39, 0.29) is 19.3 Å². The summed E-state index contributed by atoms with van der Waals surface area (Å²) >= 11 is 0. The van der Waals surface area contributed by atoms with Crippen LogP contribution < -0.4 is 4.57 Å². The Hall–Kier alpha value is -1.02. The number of pyridine rings is 1. The molecule has 0 saturated heterocycles. The van der Waals surface area contributed by atoms with Crippen LogP contribution in [-0.2, 0) is 21.2 Å². The number of aliphatic hydroxyl groups is 1. The highest BCUT2D eigenvalue weighted by molar-refractivity contribution is 7.80. The van der Waals surface area contributed by atoms with Gasteiger partial charge in [0.2, 0.25) is 0 Å². The number of rotatable bonds is 6. The molecule has 0 radical (unpaired) electrons. The van der Waals surface area contributed by atoms with Crippen LogP contribution in [0.3, 0.4) is 0 Å². The zero-order valence-electron chi connectivity index (χ0n) is 9.48. The van der Waals surface area contributed by atoms with Crippen molar-refractivity contribution in [3.8, 4) is 0 Å². The predicted octanol–water partition coefficient (Wildman–Crippen LogP) is 0.237. The second kappa shape index (κ2) is 6.06. The summed E-state index contributed by atoms with van der Waals surface area (Å²) in [5, 5.41) is 9.00. The molecule has 7 heteroatoms. The van der Waals surface area contributed by atoms with Crippen molar-refractivity contribution in [2.75, 3.05) is 6.61 Å². The van der Waals surface area contributed by atoms with Crippen LogP contribution in [0, 0.1) is 0 Å². The van der Waals surface area contributed by atoms with Crippen LogP contribution in [0.15, 0.2) is 24.5 Å². The van der Waals surface area contributed by atoms with Gasteiger partial charge in [-0.3, -0.25) is 4.55 Å². The minimum absolute atomic E-state index is 0.0869. The second-order valence-corrected chi connectivity index (χ2v) is 4.68. The van der Waals surface area contributed by atoms with Gasteiger partial charge in [-0.1, -0.05) is 6.92 Å². The molecule has 0 amide bonds. The molecule has 1 heterocycles. The summed E-state index contributed by atoms with van der Waals surface area (Å²) in [6.45, 7) is 1.64. The first kappa shape index (κ1) is 14.0. The summed E-state index contributed by atoms with van der Waals surface area (Å²) in [4.78, 5) is 0. The van der Waals surface area contributed by atoms with E-state index in [9.17, 15) is 8.42 Å². The van der Waals surface area contributed by atoms with Gasteiger partial charge in [-0.15, -0.1) is 0 Å². The highest BCUT2D eigenvalue weighted by atomic mass is 32.3. The van der Waals surface area contributed by atoms with E-state index in [1.54, 1.807) is 29.1 Å². The molecule has 0 bridgehead atoms. The zero-order chi connectivity index (χ0) is 12.9. The molecule has 1 unspecified atom stereocenters. The van der Waals surface area contributed by atoms with E-state index in [4.69, 9.17) is 9.66 Å². The quantitative estimate of drug-likeness (QED) is 0.566. The third kappa shape index (κ3) is 4.78. The Balaban J connectivity index is 2.78. The molecule has 17 heavy (non-hydrogen) atoms. The molecular formula is C10H16NO5S+. The van der Waals surface area contributed by atoms with Gasteiger partial charge >= 0.3 is 10.4 Å². The SMILES string of the molecule is CCC(COS(=O)(=O)O)[n+]1cccc(CO)c1. The van der Waals surface area contributed by atoms with Crippen LogP contribution >= 0.6 is 0 Å². The molecular weight excluding hydrogens is 246 g/mol. The second-order valence-electron chi connectivity index (χ2n) is 3.59. The van der Waals surface area contributed by atoms with Gasteiger partial charge in [0.15, 0.2) is 18.4 Å². The van der Waals surface area contributed by atoms with Crippen molar-refractivity contribution in [2.45, 2.75) is 26.0 Å². The van der Waals surface area contributed by atoms with Crippen molar-refractivity contribution in [3.05, 3.63) is 30.1 Å². The molecule has 96 valence electrons. The largest absolute Gasteiger partial charge is 0.397 e. The highest BCUT2D eigenvalue weighted by Gasteiger charge is 2.20. The van der Waals surface area contributed by atoms with Crippen molar-refractivity contribution in [1.29, 1.82) is 0 Å². The first-order valence-electron chi connectivity index (χ1n) is 5.18. The fourth-order valence-corrected chi connectivity index (χ4v) is 1.77. The third-order valence-corrected chi connectivity index (χ3v) is 2.80. The topological polar surface area (TPSA) is 87.7 Å². The standard InChI is InChI=1S/C10H15NO5S/c1-2-10(8-16-17(13,14)15)11-5-3-4-9(6-11)7-12/h3-6,10,12H,2,7-8H2,1H3/p+1. The molecule has 0 aliphatic carbocycles. The molecule has 0 aliphatic rings. The van der Waals surface area contributed by atoms with Crippen LogP contribution in [0.5, 0.6) is 0 Å². The monoisotopic (exact) mass is 262 g/mol. The van der Waals surface area contributed by atoms with Crippen LogP contribution in [0.1, 0.15) is 24.9 Å². The Kier molecular flexibility index (Phi) is 5.01. The average Bonchev–Trinajstić information content (AvgIpc) is 2.29. The summed E-state index contributed by atoms with van der Waals surface area (Å²) in [5.41, 5.74) is 0.720. The van der Waals surface area contributed by atoms with E-state index >= 15 is 0 Å². The van der Waals surface area contributed by atoms with E-state index < -0.39 is 10.4 Å². The van der Waals surface area contributed by atoms with E-state index in [0.29, 0.717) is 6.42 Å². The summed E-state index contributed by atoms with van der Waals surface area (Å²) in [6.07, 6.45) is 4.09. The Bertz CT molecular complexity index is 460. The van der Waals surface area contributed by atoms with E-state index in [2.05, 4.69) is 4.18 Å². The van der Waals surface area contributed by atoms with Crippen molar-refractivity contribution >= 4 is 10.4 Å². The maximum Gasteiger partial charge on any atom is 0.397 e. The summed E-state index contributed by atoms with van der Waals surface area (Å²) in [6, 6.07) is 3.29. The Morgan fingerprint density at radius 1 is 1.53 bits per heavy atom. The number of nitrogens with zero attached hydrogens (tertiary/aromatic N) is 1. The van der Waals surface area contributed by atoms with Gasteiger partial charge in [0, 0.05) is 18.1 Å². The summed E-state index contributed by atoms with van der Waals surface area (Å²) in [7, 11) is -4.42. The summed E-state index contributed by atoms with van der Waals surface area (Å²) < 4.78 is 35.6. The van der Waals surface area contributed by atoms with Crippen LogP contribution in [0.4, 0.5) is 0 Å². The van der Waals surface area contributed by atoms with E-state index in [1.165, 1.54) is 0 Å². The fourth-order valence-electron chi connectivity index (χ4n) is 1.44. The van der Waals surface area contributed by atoms with Gasteiger partial charge in [0.1, 0.15) is 6.61 Å². The molecule has 0 aliphatic heterocycles. The lowest BCUT2D eigenvalue weighted by Crippen LogP contribution is -2.41. The molecule has 2 N–H and O–H groups in total. The van der Waals surface area contributed by atoms with Crippen molar-refractivity contribution in [1.82, 2.24) is 0 Å². The van der Waals surface area contributed by atoms with Crippen LogP contribution in [0.2, 0.25) is 0 Å². The molecule has 0 spiro atoms. The normalized spacial score (nSPS) is 13.6. The van der Waals surface area contributed by atoms with Gasteiger partial charge in [0.25, 0.3) is 0 Å². The van der Waals surface area contributed by atoms with Crippen LogP contribution in [-0.4, -0.2) is 24.7 Å². The smallest absolute Gasteiger partial charge is 0.391 e. The number of aliphatic hydroxyl groups excluding tert-OH is 1. The van der Waals surface area contributed by atoms with Gasteiger partial charge < -0.3 is 5.11 Å². The highest BCUT2D eigenvalue weighted by Crippen LogP contribution is 2.06. The first-order chi connectivity index (χ1) is 7.96. The average molecular weight is 262 g/mol. The molecule has 6 nitrogen and oxygen atoms in total. The summed E-state index contributed by atoms with van der Waals surface area (Å²) in [5.74, 6) is 0. The lowest BCUT2D eigenvalue weighted by molar-refractivity contribution is -0.724. The number of hydrogen-bond acceptors (Lipinski definition) is 4. The lowest BCUT2D eigenvalue weighted by Gasteiger charge is -2.09. The zero-order valence-corrected chi connectivity index (χ0v) is 10.3. The van der Waals surface area contributed by atoms with E-state index in [1.807, 2.05) is 6.92 Å². The minimum atomic E-state index is -4.42.